The molecule has 3 aromatic rings. The number of halogens is 1. The van der Waals surface area contributed by atoms with Crippen molar-refractivity contribution in [2.45, 2.75) is 13.1 Å². The number of benzene rings is 1. The molecule has 0 unspecified atom stereocenters. The lowest BCUT2D eigenvalue weighted by molar-refractivity contribution is 0.687. The zero-order chi connectivity index (χ0) is 13.8. The topological polar surface area (TPSA) is 29.9 Å². The average Bonchev–Trinajstić information content (AvgIpc) is 3.11. The molecule has 0 amide bonds. The molecule has 0 saturated heterocycles. The summed E-state index contributed by atoms with van der Waals surface area (Å²) in [6.07, 6.45) is 3.77. The standard InChI is InChI=1S/C15H14BrN3S/c16-15-8-12(11-20-15)9-17-10-13-4-1-2-5-14(13)19-7-3-6-18-19/h1-8,11,17H,9-10H2. The van der Waals surface area contributed by atoms with Gasteiger partial charge < -0.3 is 5.32 Å². The Morgan fingerprint density at radius 1 is 1.20 bits per heavy atom. The molecule has 0 aliphatic carbocycles. The first-order valence-corrected chi connectivity index (χ1v) is 8.02. The van der Waals surface area contributed by atoms with Gasteiger partial charge in [0.1, 0.15) is 0 Å². The first kappa shape index (κ1) is 13.5. The summed E-state index contributed by atoms with van der Waals surface area (Å²) in [6.45, 7) is 1.69. The normalized spacial score (nSPS) is 10.8. The summed E-state index contributed by atoms with van der Waals surface area (Å²) in [7, 11) is 0. The minimum absolute atomic E-state index is 0.823. The fourth-order valence-corrected chi connectivity index (χ4v) is 3.28. The Bertz CT molecular complexity index is 676. The van der Waals surface area contributed by atoms with Crippen LogP contribution in [-0.2, 0) is 13.1 Å². The molecule has 2 aromatic heterocycles. The largest absolute Gasteiger partial charge is 0.309 e. The van der Waals surface area contributed by atoms with E-state index in [1.54, 1.807) is 17.5 Å². The van der Waals surface area contributed by atoms with Crippen LogP contribution in [0.4, 0.5) is 0 Å². The molecule has 102 valence electrons. The molecule has 3 nitrogen and oxygen atoms in total. The van der Waals surface area contributed by atoms with Crippen LogP contribution in [0, 0.1) is 0 Å². The SMILES string of the molecule is Brc1cc(CNCc2ccccc2-n2cccn2)cs1. The van der Waals surface area contributed by atoms with Crippen molar-refractivity contribution in [2.24, 2.45) is 0 Å². The van der Waals surface area contributed by atoms with Crippen LogP contribution in [0.3, 0.4) is 0 Å². The van der Waals surface area contributed by atoms with Gasteiger partial charge >= 0.3 is 0 Å². The third kappa shape index (κ3) is 3.17. The summed E-state index contributed by atoms with van der Waals surface area (Å²) < 4.78 is 3.07. The maximum atomic E-state index is 4.30. The zero-order valence-corrected chi connectivity index (χ0v) is 13.2. The smallest absolute Gasteiger partial charge is 0.0701 e. The van der Waals surface area contributed by atoms with E-state index in [-0.39, 0.29) is 0 Å². The van der Waals surface area contributed by atoms with Gasteiger partial charge in [0.2, 0.25) is 0 Å². The molecule has 1 N–H and O–H groups in total. The monoisotopic (exact) mass is 347 g/mol. The summed E-state index contributed by atoms with van der Waals surface area (Å²) in [5.41, 5.74) is 3.67. The lowest BCUT2D eigenvalue weighted by Gasteiger charge is -2.10. The van der Waals surface area contributed by atoms with Gasteiger partial charge in [-0.3, -0.25) is 0 Å². The van der Waals surface area contributed by atoms with Gasteiger partial charge in [0, 0.05) is 25.5 Å². The molecule has 0 saturated carbocycles. The van der Waals surface area contributed by atoms with Crippen molar-refractivity contribution in [2.75, 3.05) is 0 Å². The van der Waals surface area contributed by atoms with Crippen molar-refractivity contribution in [3.8, 4) is 5.69 Å². The van der Waals surface area contributed by atoms with Crippen molar-refractivity contribution in [1.29, 1.82) is 0 Å². The molecular formula is C15H14BrN3S. The van der Waals surface area contributed by atoms with Gasteiger partial charge in [0.15, 0.2) is 0 Å². The van der Waals surface area contributed by atoms with Gasteiger partial charge in [-0.05, 0) is 50.6 Å². The highest BCUT2D eigenvalue weighted by Gasteiger charge is 2.04. The average molecular weight is 348 g/mol. The van der Waals surface area contributed by atoms with E-state index in [2.05, 4.69) is 56.0 Å². The first-order valence-electron chi connectivity index (χ1n) is 6.34. The summed E-state index contributed by atoms with van der Waals surface area (Å²) in [4.78, 5) is 0. The van der Waals surface area contributed by atoms with Gasteiger partial charge in [0.05, 0.1) is 9.47 Å². The number of hydrogen-bond donors (Lipinski definition) is 1. The predicted octanol–water partition coefficient (Wildman–Crippen LogP) is 3.99. The van der Waals surface area contributed by atoms with Crippen LogP contribution >= 0.6 is 27.3 Å². The molecule has 2 heterocycles. The van der Waals surface area contributed by atoms with E-state index in [0.717, 1.165) is 18.8 Å². The highest BCUT2D eigenvalue weighted by molar-refractivity contribution is 9.11. The lowest BCUT2D eigenvalue weighted by Crippen LogP contribution is -2.14. The molecule has 3 rings (SSSR count). The Labute approximate surface area is 130 Å². The summed E-state index contributed by atoms with van der Waals surface area (Å²) in [5, 5.41) is 9.94. The molecule has 0 fully saturated rings. The number of aromatic nitrogens is 2. The van der Waals surface area contributed by atoms with Crippen LogP contribution in [0.2, 0.25) is 0 Å². The Morgan fingerprint density at radius 2 is 2.10 bits per heavy atom. The number of para-hydroxylation sites is 1. The van der Waals surface area contributed by atoms with E-state index in [0.29, 0.717) is 0 Å². The van der Waals surface area contributed by atoms with Crippen LogP contribution < -0.4 is 5.32 Å². The van der Waals surface area contributed by atoms with Crippen LogP contribution in [0.5, 0.6) is 0 Å². The molecular weight excluding hydrogens is 334 g/mol. The van der Waals surface area contributed by atoms with E-state index in [9.17, 15) is 0 Å². The first-order chi connectivity index (χ1) is 9.83. The van der Waals surface area contributed by atoms with Crippen LogP contribution in [0.25, 0.3) is 5.69 Å². The second-order valence-electron chi connectivity index (χ2n) is 4.44. The molecule has 0 atom stereocenters. The second kappa shape index (κ2) is 6.35. The molecule has 0 bridgehead atoms. The third-order valence-corrected chi connectivity index (χ3v) is 4.56. The summed E-state index contributed by atoms with van der Waals surface area (Å²) in [6, 6.07) is 12.4. The number of hydrogen-bond acceptors (Lipinski definition) is 3. The Balaban J connectivity index is 1.68. The highest BCUT2D eigenvalue weighted by Crippen LogP contribution is 2.20. The van der Waals surface area contributed by atoms with Crippen molar-refractivity contribution in [1.82, 2.24) is 15.1 Å². The quantitative estimate of drug-likeness (QED) is 0.756. The van der Waals surface area contributed by atoms with E-state index >= 15 is 0 Å². The van der Waals surface area contributed by atoms with Gasteiger partial charge in [0.25, 0.3) is 0 Å². The van der Waals surface area contributed by atoms with Gasteiger partial charge in [-0.25, -0.2) is 4.68 Å². The Morgan fingerprint density at radius 3 is 2.85 bits per heavy atom. The van der Waals surface area contributed by atoms with Crippen molar-refractivity contribution in [3.05, 3.63) is 69.1 Å². The van der Waals surface area contributed by atoms with Gasteiger partial charge in [-0.2, -0.15) is 5.10 Å². The van der Waals surface area contributed by atoms with E-state index < -0.39 is 0 Å². The Kier molecular flexibility index (Phi) is 4.30. The third-order valence-electron chi connectivity index (χ3n) is 3.01. The van der Waals surface area contributed by atoms with E-state index in [1.807, 2.05) is 23.0 Å². The van der Waals surface area contributed by atoms with Gasteiger partial charge in [-0.15, -0.1) is 11.3 Å². The maximum Gasteiger partial charge on any atom is 0.0701 e. The Hall–Kier alpha value is -1.43. The minimum atomic E-state index is 0.823. The zero-order valence-electron chi connectivity index (χ0n) is 10.8. The molecule has 20 heavy (non-hydrogen) atoms. The van der Waals surface area contributed by atoms with Gasteiger partial charge in [-0.1, -0.05) is 18.2 Å². The van der Waals surface area contributed by atoms with E-state index in [4.69, 9.17) is 0 Å². The molecule has 1 aromatic carbocycles. The summed E-state index contributed by atoms with van der Waals surface area (Å²) in [5.74, 6) is 0. The fraction of sp³-hybridized carbons (Fsp3) is 0.133. The van der Waals surface area contributed by atoms with Crippen LogP contribution in [0.1, 0.15) is 11.1 Å². The van der Waals surface area contributed by atoms with Crippen molar-refractivity contribution < 1.29 is 0 Å². The molecule has 5 heteroatoms. The molecule has 0 aliphatic heterocycles. The maximum absolute atomic E-state index is 4.30. The lowest BCUT2D eigenvalue weighted by atomic mass is 10.1. The number of thiophene rings is 1. The highest BCUT2D eigenvalue weighted by atomic mass is 79.9. The second-order valence-corrected chi connectivity index (χ2v) is 6.73. The number of rotatable bonds is 5. The van der Waals surface area contributed by atoms with Crippen LogP contribution in [0.15, 0.2) is 58.0 Å². The summed E-state index contributed by atoms with van der Waals surface area (Å²) >= 11 is 5.20. The van der Waals surface area contributed by atoms with Crippen molar-refractivity contribution >= 4 is 27.3 Å². The fourth-order valence-electron chi connectivity index (χ4n) is 2.08. The van der Waals surface area contributed by atoms with E-state index in [1.165, 1.54) is 14.9 Å². The predicted molar refractivity (Wildman–Crippen MR) is 86.1 cm³/mol. The number of nitrogens with one attached hydrogen (secondary N) is 1. The minimum Gasteiger partial charge on any atom is -0.309 e. The molecule has 0 aliphatic rings. The molecule has 0 spiro atoms. The number of nitrogens with zero attached hydrogens (tertiary/aromatic N) is 2. The van der Waals surface area contributed by atoms with Crippen molar-refractivity contribution in [3.63, 3.8) is 0 Å². The van der Waals surface area contributed by atoms with Crippen LogP contribution in [-0.4, -0.2) is 9.78 Å². The molecule has 0 radical (unpaired) electrons.